The second-order valence-electron chi connectivity index (χ2n) is 4.56. The second-order valence-corrected chi connectivity index (χ2v) is 4.56. The van der Waals surface area contributed by atoms with E-state index in [1.165, 1.54) is 10.4 Å². The lowest BCUT2D eigenvalue weighted by atomic mass is 10.0. The number of hydrogen-bond donors (Lipinski definition) is 1. The molecule has 0 spiro atoms. The Bertz CT molecular complexity index is 505. The zero-order valence-corrected chi connectivity index (χ0v) is 11.8. The van der Waals surface area contributed by atoms with Crippen LogP contribution in [0.3, 0.4) is 0 Å². The first-order valence-electron chi connectivity index (χ1n) is 6.77. The summed E-state index contributed by atoms with van der Waals surface area (Å²) in [5.74, 6) is 1.77. The summed E-state index contributed by atoms with van der Waals surface area (Å²) in [5.41, 5.74) is 1.20. The van der Waals surface area contributed by atoms with Gasteiger partial charge in [-0.3, -0.25) is 0 Å². The Morgan fingerprint density at radius 2 is 2.26 bits per heavy atom. The van der Waals surface area contributed by atoms with E-state index in [1.807, 2.05) is 6.07 Å². The van der Waals surface area contributed by atoms with Crippen molar-refractivity contribution in [1.82, 2.24) is 25.5 Å². The molecule has 2 aromatic rings. The maximum absolute atomic E-state index is 5.52. The fourth-order valence-corrected chi connectivity index (χ4v) is 2.15. The fraction of sp³-hybridized carbons (Fsp3) is 0.615. The summed E-state index contributed by atoms with van der Waals surface area (Å²) in [6.45, 7) is 5.21. The number of rotatable bonds is 7. The summed E-state index contributed by atoms with van der Waals surface area (Å²) >= 11 is 0. The van der Waals surface area contributed by atoms with Gasteiger partial charge in [-0.1, -0.05) is 13.8 Å². The summed E-state index contributed by atoms with van der Waals surface area (Å²) in [6, 6.07) is 2.21. The van der Waals surface area contributed by atoms with E-state index in [9.17, 15) is 0 Å². The minimum atomic E-state index is 0.179. The lowest BCUT2D eigenvalue weighted by molar-refractivity contribution is 0.477. The Morgan fingerprint density at radius 3 is 2.89 bits per heavy atom. The zero-order chi connectivity index (χ0) is 13.7. The van der Waals surface area contributed by atoms with Crippen molar-refractivity contribution in [1.29, 1.82) is 0 Å². The van der Waals surface area contributed by atoms with Gasteiger partial charge in [0.2, 0.25) is 0 Å². The predicted molar refractivity (Wildman–Crippen MR) is 71.6 cm³/mol. The number of aryl methyl sites for hydroxylation is 2. The van der Waals surface area contributed by atoms with Gasteiger partial charge in [0.25, 0.3) is 0 Å². The maximum atomic E-state index is 5.52. The van der Waals surface area contributed by atoms with Gasteiger partial charge >= 0.3 is 0 Å². The molecule has 0 saturated carbocycles. The van der Waals surface area contributed by atoms with Gasteiger partial charge in [0.15, 0.2) is 5.82 Å². The minimum Gasteiger partial charge on any atom is -0.469 e. The Hall–Kier alpha value is -1.69. The van der Waals surface area contributed by atoms with Gasteiger partial charge in [0, 0.05) is 24.4 Å². The molecule has 2 aromatic heterocycles. The van der Waals surface area contributed by atoms with Gasteiger partial charge in [-0.05, 0) is 24.2 Å². The summed E-state index contributed by atoms with van der Waals surface area (Å²) < 4.78 is 5.52. The third-order valence-electron chi connectivity index (χ3n) is 3.05. The van der Waals surface area contributed by atoms with Crippen LogP contribution < -0.4 is 5.32 Å². The molecule has 6 heteroatoms. The topological polar surface area (TPSA) is 68.8 Å². The number of nitrogens with one attached hydrogen (secondary N) is 1. The van der Waals surface area contributed by atoms with E-state index in [4.69, 9.17) is 4.42 Å². The van der Waals surface area contributed by atoms with Gasteiger partial charge in [-0.25, -0.2) is 0 Å². The van der Waals surface area contributed by atoms with Crippen LogP contribution in [0.2, 0.25) is 0 Å². The number of aromatic nitrogens is 4. The molecule has 19 heavy (non-hydrogen) atoms. The van der Waals surface area contributed by atoms with Crippen molar-refractivity contribution in [2.24, 2.45) is 7.05 Å². The molecule has 0 radical (unpaired) electrons. The molecule has 0 aliphatic carbocycles. The molecule has 0 bridgehead atoms. The fourth-order valence-electron chi connectivity index (χ4n) is 2.15. The van der Waals surface area contributed by atoms with Crippen LogP contribution in [0.4, 0.5) is 0 Å². The number of nitrogens with zero attached hydrogens (tertiary/aromatic N) is 4. The standard InChI is InChI=1S/C13H21N5O/c1-4-7-14-11(9-13-15-17-18(3)16-13)10-6-8-19-12(10)5-2/h6,8,11,14H,4-5,7,9H2,1-3H3. The average Bonchev–Trinajstić information content (AvgIpc) is 3.03. The van der Waals surface area contributed by atoms with E-state index in [1.54, 1.807) is 13.3 Å². The minimum absolute atomic E-state index is 0.179. The lowest BCUT2D eigenvalue weighted by Gasteiger charge is -2.16. The highest BCUT2D eigenvalue weighted by Crippen LogP contribution is 2.22. The SMILES string of the molecule is CCCNC(Cc1nnn(C)n1)c1ccoc1CC. The molecule has 1 atom stereocenters. The molecule has 104 valence electrons. The quantitative estimate of drug-likeness (QED) is 0.822. The molecule has 2 heterocycles. The van der Waals surface area contributed by atoms with Crippen molar-refractivity contribution >= 4 is 0 Å². The summed E-state index contributed by atoms with van der Waals surface area (Å²) in [7, 11) is 1.78. The van der Waals surface area contributed by atoms with Crippen molar-refractivity contribution < 1.29 is 4.42 Å². The normalized spacial score (nSPS) is 12.8. The first kappa shape index (κ1) is 13.7. The molecule has 2 rings (SSSR count). The molecule has 0 fully saturated rings. The van der Waals surface area contributed by atoms with E-state index < -0.39 is 0 Å². The highest BCUT2D eigenvalue weighted by atomic mass is 16.3. The van der Waals surface area contributed by atoms with Crippen LogP contribution >= 0.6 is 0 Å². The Kier molecular flexibility index (Phi) is 4.68. The maximum Gasteiger partial charge on any atom is 0.176 e. The van der Waals surface area contributed by atoms with Crippen molar-refractivity contribution in [3.63, 3.8) is 0 Å². The van der Waals surface area contributed by atoms with Gasteiger partial charge in [-0.15, -0.1) is 10.2 Å². The van der Waals surface area contributed by atoms with Gasteiger partial charge in [0.05, 0.1) is 13.3 Å². The van der Waals surface area contributed by atoms with Crippen LogP contribution in [0.25, 0.3) is 0 Å². The monoisotopic (exact) mass is 263 g/mol. The van der Waals surface area contributed by atoms with E-state index in [-0.39, 0.29) is 6.04 Å². The van der Waals surface area contributed by atoms with E-state index in [2.05, 4.69) is 34.6 Å². The number of furan rings is 1. The molecule has 0 amide bonds. The average molecular weight is 263 g/mol. The van der Waals surface area contributed by atoms with Crippen molar-refractivity contribution in [3.8, 4) is 0 Å². The van der Waals surface area contributed by atoms with Crippen molar-refractivity contribution in [2.45, 2.75) is 39.2 Å². The summed E-state index contributed by atoms with van der Waals surface area (Å²) in [5, 5.41) is 15.7. The third kappa shape index (κ3) is 3.41. The third-order valence-corrected chi connectivity index (χ3v) is 3.05. The van der Waals surface area contributed by atoms with Crippen LogP contribution in [-0.2, 0) is 19.9 Å². The van der Waals surface area contributed by atoms with Crippen LogP contribution in [0, 0.1) is 0 Å². The Labute approximate surface area is 113 Å². The van der Waals surface area contributed by atoms with E-state index in [0.29, 0.717) is 0 Å². The highest BCUT2D eigenvalue weighted by Gasteiger charge is 2.19. The molecule has 0 saturated heterocycles. The number of hydrogen-bond acceptors (Lipinski definition) is 5. The lowest BCUT2D eigenvalue weighted by Crippen LogP contribution is -2.25. The van der Waals surface area contributed by atoms with Crippen molar-refractivity contribution in [2.75, 3.05) is 6.54 Å². The molecule has 0 aromatic carbocycles. The molecule has 0 aliphatic heterocycles. The first-order chi connectivity index (χ1) is 9.24. The number of tetrazole rings is 1. The molecular weight excluding hydrogens is 242 g/mol. The molecule has 0 aliphatic rings. The van der Waals surface area contributed by atoms with E-state index in [0.717, 1.165) is 37.4 Å². The molecule has 1 unspecified atom stereocenters. The van der Waals surface area contributed by atoms with Crippen LogP contribution in [0.15, 0.2) is 16.7 Å². The summed E-state index contributed by atoms with van der Waals surface area (Å²) in [6.07, 6.45) is 4.45. The summed E-state index contributed by atoms with van der Waals surface area (Å²) in [4.78, 5) is 1.49. The Morgan fingerprint density at radius 1 is 1.42 bits per heavy atom. The largest absolute Gasteiger partial charge is 0.469 e. The second kappa shape index (κ2) is 6.47. The first-order valence-corrected chi connectivity index (χ1v) is 6.77. The molecule has 6 nitrogen and oxygen atoms in total. The zero-order valence-electron chi connectivity index (χ0n) is 11.8. The highest BCUT2D eigenvalue weighted by molar-refractivity contribution is 5.22. The van der Waals surface area contributed by atoms with Crippen LogP contribution in [0.1, 0.15) is 43.5 Å². The smallest absolute Gasteiger partial charge is 0.176 e. The van der Waals surface area contributed by atoms with Crippen LogP contribution in [-0.4, -0.2) is 26.8 Å². The van der Waals surface area contributed by atoms with E-state index >= 15 is 0 Å². The van der Waals surface area contributed by atoms with Crippen molar-refractivity contribution in [3.05, 3.63) is 29.5 Å². The van der Waals surface area contributed by atoms with Gasteiger partial charge in [-0.2, -0.15) is 4.80 Å². The van der Waals surface area contributed by atoms with Gasteiger partial charge < -0.3 is 9.73 Å². The molecule has 1 N–H and O–H groups in total. The Balaban J connectivity index is 2.15. The van der Waals surface area contributed by atoms with Gasteiger partial charge in [0.1, 0.15) is 5.76 Å². The predicted octanol–water partition coefficient (Wildman–Crippen LogP) is 1.65. The molecular formula is C13H21N5O. The van der Waals surface area contributed by atoms with Crippen LogP contribution in [0.5, 0.6) is 0 Å².